The number of nitrogens with one attached hydrogen (secondary N) is 1. The van der Waals surface area contributed by atoms with Crippen molar-refractivity contribution in [2.24, 2.45) is 0 Å². The van der Waals surface area contributed by atoms with Gasteiger partial charge < -0.3 is 15.6 Å². The highest BCUT2D eigenvalue weighted by molar-refractivity contribution is 6.02. The maximum Gasteiger partial charge on any atom is 0.139 e. The Morgan fingerprint density at radius 1 is 1.05 bits per heavy atom. The van der Waals surface area contributed by atoms with Crippen LogP contribution in [0.15, 0.2) is 36.8 Å². The highest BCUT2D eigenvalue weighted by atomic mass is 15.1. The Morgan fingerprint density at radius 2 is 1.91 bits per heavy atom. The highest BCUT2D eigenvalue weighted by Crippen LogP contribution is 2.35. The van der Waals surface area contributed by atoms with Crippen molar-refractivity contribution in [3.63, 3.8) is 0 Å². The molecule has 1 aliphatic heterocycles. The zero-order chi connectivity index (χ0) is 14.9. The monoisotopic (exact) mass is 293 g/mol. The molecule has 112 valence electrons. The summed E-state index contributed by atoms with van der Waals surface area (Å²) in [4.78, 5) is 14.4. The number of H-pyrrole nitrogens is 1. The Kier molecular flexibility index (Phi) is 3.18. The van der Waals surface area contributed by atoms with Crippen molar-refractivity contribution in [1.29, 1.82) is 0 Å². The molecule has 5 nitrogen and oxygen atoms in total. The lowest BCUT2D eigenvalue weighted by Gasteiger charge is -2.29. The minimum absolute atomic E-state index is 0.540. The zero-order valence-electron chi connectivity index (χ0n) is 12.4. The largest absolute Gasteiger partial charge is 0.384 e. The van der Waals surface area contributed by atoms with Crippen LogP contribution in [0.1, 0.15) is 19.3 Å². The number of hydrogen-bond acceptors (Lipinski definition) is 4. The van der Waals surface area contributed by atoms with Crippen LogP contribution in [0.5, 0.6) is 0 Å². The molecule has 3 aromatic rings. The predicted molar refractivity (Wildman–Crippen MR) is 89.8 cm³/mol. The van der Waals surface area contributed by atoms with E-state index in [0.29, 0.717) is 5.82 Å². The molecular weight excluding hydrogens is 274 g/mol. The molecule has 0 bridgehead atoms. The van der Waals surface area contributed by atoms with Gasteiger partial charge in [-0.3, -0.25) is 0 Å². The Balaban J connectivity index is 1.87. The fourth-order valence-corrected chi connectivity index (χ4v) is 3.23. The summed E-state index contributed by atoms with van der Waals surface area (Å²) < 4.78 is 0. The summed E-state index contributed by atoms with van der Waals surface area (Å²) >= 11 is 0. The van der Waals surface area contributed by atoms with Crippen molar-refractivity contribution in [3.05, 3.63) is 36.8 Å². The van der Waals surface area contributed by atoms with Gasteiger partial charge in [0.2, 0.25) is 0 Å². The number of pyridine rings is 2. The average molecular weight is 293 g/mol. The van der Waals surface area contributed by atoms with Gasteiger partial charge in [0.1, 0.15) is 11.5 Å². The van der Waals surface area contributed by atoms with Crippen LogP contribution < -0.4 is 10.6 Å². The van der Waals surface area contributed by atoms with Crippen LogP contribution >= 0.6 is 0 Å². The maximum absolute atomic E-state index is 5.70. The van der Waals surface area contributed by atoms with E-state index in [-0.39, 0.29) is 0 Å². The van der Waals surface area contributed by atoms with Crippen LogP contribution in [-0.2, 0) is 0 Å². The summed E-state index contributed by atoms with van der Waals surface area (Å²) in [6, 6.07) is 5.97. The first kappa shape index (κ1) is 13.1. The van der Waals surface area contributed by atoms with Crippen molar-refractivity contribution in [2.45, 2.75) is 19.3 Å². The molecule has 3 aromatic heterocycles. The number of aromatic amines is 1. The molecule has 1 aliphatic rings. The lowest BCUT2D eigenvalue weighted by atomic mass is 10.0. The van der Waals surface area contributed by atoms with Crippen LogP contribution in [0, 0.1) is 0 Å². The summed E-state index contributed by atoms with van der Waals surface area (Å²) in [7, 11) is 0. The number of nitrogen functional groups attached to an aromatic ring is 1. The molecule has 0 aliphatic carbocycles. The minimum atomic E-state index is 0.540. The summed E-state index contributed by atoms with van der Waals surface area (Å²) in [6.45, 7) is 2.23. The molecule has 5 heteroatoms. The van der Waals surface area contributed by atoms with E-state index in [1.54, 1.807) is 0 Å². The molecule has 4 rings (SSSR count). The third-order valence-corrected chi connectivity index (χ3v) is 4.35. The van der Waals surface area contributed by atoms with E-state index in [1.807, 2.05) is 30.7 Å². The Bertz CT molecular complexity index is 784. The Hall–Kier alpha value is -2.56. The van der Waals surface area contributed by atoms with Gasteiger partial charge in [0, 0.05) is 53.9 Å². The first-order valence-corrected chi connectivity index (χ1v) is 7.76. The molecule has 0 atom stereocenters. The van der Waals surface area contributed by atoms with Gasteiger partial charge >= 0.3 is 0 Å². The van der Waals surface area contributed by atoms with Crippen LogP contribution in [0.3, 0.4) is 0 Å². The van der Waals surface area contributed by atoms with Crippen molar-refractivity contribution in [1.82, 2.24) is 15.0 Å². The molecule has 1 saturated heterocycles. The molecule has 0 radical (unpaired) electrons. The molecule has 1 fully saturated rings. The number of aromatic nitrogens is 3. The fourth-order valence-electron chi connectivity index (χ4n) is 3.23. The molecule has 3 N–H and O–H groups in total. The molecule has 0 saturated carbocycles. The van der Waals surface area contributed by atoms with Crippen LogP contribution in [0.2, 0.25) is 0 Å². The standard InChI is InChI=1S/C17H19N5/c18-15-5-4-12(10-20-15)13-11-21-17-16(13)14(6-7-19-17)22-8-2-1-3-9-22/h4-7,10-11H,1-3,8-9H2,(H2,18,20)(H,19,21). The van der Waals surface area contributed by atoms with E-state index in [0.717, 1.165) is 29.9 Å². The highest BCUT2D eigenvalue weighted by Gasteiger charge is 2.18. The molecular formula is C17H19N5. The average Bonchev–Trinajstić information content (AvgIpc) is 3.00. The van der Waals surface area contributed by atoms with Crippen molar-refractivity contribution in [3.8, 4) is 11.1 Å². The second-order valence-electron chi connectivity index (χ2n) is 5.78. The summed E-state index contributed by atoms with van der Waals surface area (Å²) in [5.74, 6) is 0.540. The van der Waals surface area contributed by atoms with Crippen LogP contribution in [0.25, 0.3) is 22.2 Å². The quantitative estimate of drug-likeness (QED) is 0.761. The number of nitrogens with zero attached hydrogens (tertiary/aromatic N) is 3. The SMILES string of the molecule is Nc1ccc(-c2c[nH]c3nccc(N4CCCCC4)c23)cn1. The van der Waals surface area contributed by atoms with E-state index in [1.165, 1.54) is 30.3 Å². The minimum Gasteiger partial charge on any atom is -0.384 e. The smallest absolute Gasteiger partial charge is 0.139 e. The van der Waals surface area contributed by atoms with Crippen LogP contribution in [-0.4, -0.2) is 28.0 Å². The molecule has 0 amide bonds. The maximum atomic E-state index is 5.70. The van der Waals surface area contributed by atoms with Crippen molar-refractivity contribution < 1.29 is 0 Å². The van der Waals surface area contributed by atoms with E-state index >= 15 is 0 Å². The molecule has 0 spiro atoms. The third-order valence-electron chi connectivity index (χ3n) is 4.35. The summed E-state index contributed by atoms with van der Waals surface area (Å²) in [6.07, 6.45) is 9.56. The van der Waals surface area contributed by atoms with Crippen molar-refractivity contribution >= 4 is 22.5 Å². The van der Waals surface area contributed by atoms with Gasteiger partial charge in [-0.2, -0.15) is 0 Å². The number of rotatable bonds is 2. The lowest BCUT2D eigenvalue weighted by Crippen LogP contribution is -2.29. The first-order valence-electron chi connectivity index (χ1n) is 7.76. The van der Waals surface area contributed by atoms with Gasteiger partial charge in [-0.1, -0.05) is 0 Å². The van der Waals surface area contributed by atoms with Gasteiger partial charge in [-0.25, -0.2) is 9.97 Å². The summed E-state index contributed by atoms with van der Waals surface area (Å²) in [5.41, 5.74) is 10.1. The topological polar surface area (TPSA) is 70.8 Å². The van der Waals surface area contributed by atoms with Crippen LogP contribution in [0.4, 0.5) is 11.5 Å². The van der Waals surface area contributed by atoms with Gasteiger partial charge in [-0.05, 0) is 37.5 Å². The lowest BCUT2D eigenvalue weighted by molar-refractivity contribution is 0.579. The van der Waals surface area contributed by atoms with Gasteiger partial charge in [0.05, 0.1) is 0 Å². The Labute approximate surface area is 129 Å². The van der Waals surface area contributed by atoms with E-state index < -0.39 is 0 Å². The third kappa shape index (κ3) is 2.19. The fraction of sp³-hybridized carbons (Fsp3) is 0.294. The van der Waals surface area contributed by atoms with E-state index in [4.69, 9.17) is 5.73 Å². The number of hydrogen-bond donors (Lipinski definition) is 2. The molecule has 4 heterocycles. The second-order valence-corrected chi connectivity index (χ2v) is 5.78. The van der Waals surface area contributed by atoms with Gasteiger partial charge in [0.15, 0.2) is 0 Å². The number of piperidine rings is 1. The van der Waals surface area contributed by atoms with Gasteiger partial charge in [-0.15, -0.1) is 0 Å². The van der Waals surface area contributed by atoms with Gasteiger partial charge in [0.25, 0.3) is 0 Å². The number of nitrogens with two attached hydrogens (primary N) is 1. The molecule has 22 heavy (non-hydrogen) atoms. The molecule has 0 aromatic carbocycles. The normalized spacial score (nSPS) is 15.4. The Morgan fingerprint density at radius 3 is 2.68 bits per heavy atom. The van der Waals surface area contributed by atoms with E-state index in [2.05, 4.69) is 25.9 Å². The number of fused-ring (bicyclic) bond motifs is 1. The predicted octanol–water partition coefficient (Wildman–Crippen LogP) is 3.20. The van der Waals surface area contributed by atoms with Crippen molar-refractivity contribution in [2.75, 3.05) is 23.7 Å². The number of anilines is 2. The summed E-state index contributed by atoms with van der Waals surface area (Å²) in [5, 5.41) is 1.18. The first-order chi connectivity index (χ1) is 10.8. The van der Waals surface area contributed by atoms with E-state index in [9.17, 15) is 0 Å². The molecule has 0 unspecified atom stereocenters. The second kappa shape index (κ2) is 5.33. The zero-order valence-corrected chi connectivity index (χ0v) is 12.4.